The Morgan fingerprint density at radius 3 is 3.00 bits per heavy atom. The van der Waals surface area contributed by atoms with Crippen LogP contribution in [0.1, 0.15) is 19.2 Å². The number of aromatic amines is 1. The molecule has 1 aromatic heterocycles. The molecule has 1 saturated heterocycles. The summed E-state index contributed by atoms with van der Waals surface area (Å²) >= 11 is 0. The highest BCUT2D eigenvalue weighted by molar-refractivity contribution is 5.77. The Hall–Kier alpha value is -1.55. The van der Waals surface area contributed by atoms with Gasteiger partial charge in [0.2, 0.25) is 0 Å². The minimum Gasteiger partial charge on any atom is -0.497 e. The predicted octanol–water partition coefficient (Wildman–Crippen LogP) is 1.82. The van der Waals surface area contributed by atoms with Crippen LogP contribution in [0, 0.1) is 0 Å². The normalized spacial score (nSPS) is 24.4. The highest BCUT2D eigenvalue weighted by atomic mass is 16.5. The molecule has 4 nitrogen and oxygen atoms in total. The summed E-state index contributed by atoms with van der Waals surface area (Å²) in [5.74, 6) is 1.94. The molecule has 4 heteroatoms. The summed E-state index contributed by atoms with van der Waals surface area (Å²) in [6, 6.07) is 5.94. The van der Waals surface area contributed by atoms with Gasteiger partial charge in [-0.25, -0.2) is 4.98 Å². The van der Waals surface area contributed by atoms with Crippen LogP contribution in [-0.2, 0) is 5.41 Å². The first-order valence-corrected chi connectivity index (χ1v) is 5.96. The lowest BCUT2D eigenvalue weighted by atomic mass is 9.89. The molecular formula is C13H17N3O. The second-order valence-corrected chi connectivity index (χ2v) is 4.96. The van der Waals surface area contributed by atoms with Crippen molar-refractivity contribution in [1.29, 1.82) is 0 Å². The zero-order chi connectivity index (χ0) is 11.9. The molecule has 90 valence electrons. The SMILES string of the molecule is COc1ccc2nc(C3(C)CCNC3)[nH]c2c1. The van der Waals surface area contributed by atoms with Crippen LogP contribution in [0.5, 0.6) is 5.75 Å². The number of aromatic nitrogens is 2. The van der Waals surface area contributed by atoms with Crippen LogP contribution in [0.25, 0.3) is 11.0 Å². The van der Waals surface area contributed by atoms with Gasteiger partial charge in [0.25, 0.3) is 0 Å². The van der Waals surface area contributed by atoms with Crippen molar-refractivity contribution in [2.75, 3.05) is 20.2 Å². The Morgan fingerprint density at radius 2 is 2.29 bits per heavy atom. The van der Waals surface area contributed by atoms with Crippen LogP contribution in [0.3, 0.4) is 0 Å². The maximum absolute atomic E-state index is 5.22. The largest absolute Gasteiger partial charge is 0.497 e. The Balaban J connectivity index is 2.07. The third kappa shape index (κ3) is 1.69. The minimum absolute atomic E-state index is 0.131. The molecule has 1 aromatic carbocycles. The number of nitrogens with zero attached hydrogens (tertiary/aromatic N) is 1. The number of methoxy groups -OCH3 is 1. The number of rotatable bonds is 2. The van der Waals surface area contributed by atoms with E-state index in [0.717, 1.165) is 42.1 Å². The van der Waals surface area contributed by atoms with E-state index in [2.05, 4.69) is 17.2 Å². The van der Waals surface area contributed by atoms with Gasteiger partial charge >= 0.3 is 0 Å². The number of nitrogens with one attached hydrogen (secondary N) is 2. The number of hydrogen-bond acceptors (Lipinski definition) is 3. The molecule has 2 aromatic rings. The molecule has 2 N–H and O–H groups in total. The van der Waals surface area contributed by atoms with E-state index in [1.165, 1.54) is 0 Å². The molecule has 0 saturated carbocycles. The van der Waals surface area contributed by atoms with Crippen molar-refractivity contribution in [3.05, 3.63) is 24.0 Å². The van der Waals surface area contributed by atoms with Crippen LogP contribution in [0.4, 0.5) is 0 Å². The van der Waals surface area contributed by atoms with E-state index >= 15 is 0 Å². The lowest BCUT2D eigenvalue weighted by Gasteiger charge is -2.18. The van der Waals surface area contributed by atoms with E-state index in [0.29, 0.717) is 0 Å². The second kappa shape index (κ2) is 3.74. The zero-order valence-corrected chi connectivity index (χ0v) is 10.2. The maximum Gasteiger partial charge on any atom is 0.121 e. The molecule has 1 unspecified atom stereocenters. The molecule has 0 aliphatic carbocycles. The van der Waals surface area contributed by atoms with Crippen LogP contribution < -0.4 is 10.1 Å². The Kier molecular flexibility index (Phi) is 2.33. The Labute approximate surface area is 100 Å². The number of benzene rings is 1. The fraction of sp³-hybridized carbons (Fsp3) is 0.462. The first kappa shape index (κ1) is 10.6. The molecule has 3 rings (SSSR count). The van der Waals surface area contributed by atoms with Crippen molar-refractivity contribution in [3.8, 4) is 5.75 Å². The van der Waals surface area contributed by atoms with Crippen molar-refractivity contribution in [2.45, 2.75) is 18.8 Å². The van der Waals surface area contributed by atoms with Gasteiger partial charge in [0.1, 0.15) is 11.6 Å². The summed E-state index contributed by atoms with van der Waals surface area (Å²) in [6.45, 7) is 4.31. The third-order valence-corrected chi connectivity index (χ3v) is 3.63. The molecule has 0 bridgehead atoms. The highest BCUT2D eigenvalue weighted by Crippen LogP contribution is 2.30. The molecule has 1 fully saturated rings. The molecule has 17 heavy (non-hydrogen) atoms. The number of ether oxygens (including phenoxy) is 1. The van der Waals surface area contributed by atoms with Crippen molar-refractivity contribution < 1.29 is 4.74 Å². The lowest BCUT2D eigenvalue weighted by molar-refractivity contribution is 0.415. The molecule has 1 aliphatic rings. The lowest BCUT2D eigenvalue weighted by Crippen LogP contribution is -2.26. The monoisotopic (exact) mass is 231 g/mol. The number of imidazole rings is 1. The fourth-order valence-corrected chi connectivity index (χ4v) is 2.42. The molecule has 1 aliphatic heterocycles. The topological polar surface area (TPSA) is 49.9 Å². The van der Waals surface area contributed by atoms with Crippen molar-refractivity contribution >= 4 is 11.0 Å². The average Bonchev–Trinajstić information content (AvgIpc) is 2.94. The van der Waals surface area contributed by atoms with E-state index in [-0.39, 0.29) is 5.41 Å². The standard InChI is InChI=1S/C13H17N3O/c1-13(5-6-14-8-13)12-15-10-4-3-9(17-2)7-11(10)16-12/h3-4,7,14H,5-6,8H2,1-2H3,(H,15,16). The van der Waals surface area contributed by atoms with Gasteiger partial charge in [-0.2, -0.15) is 0 Å². The highest BCUT2D eigenvalue weighted by Gasteiger charge is 2.33. The van der Waals surface area contributed by atoms with Crippen molar-refractivity contribution in [2.24, 2.45) is 0 Å². The molecular weight excluding hydrogens is 214 g/mol. The van der Waals surface area contributed by atoms with E-state index in [1.54, 1.807) is 7.11 Å². The first-order chi connectivity index (χ1) is 8.21. The maximum atomic E-state index is 5.22. The van der Waals surface area contributed by atoms with Crippen molar-refractivity contribution in [1.82, 2.24) is 15.3 Å². The van der Waals surface area contributed by atoms with E-state index in [4.69, 9.17) is 9.72 Å². The summed E-state index contributed by atoms with van der Waals surface area (Å²) in [5.41, 5.74) is 2.19. The number of hydrogen-bond donors (Lipinski definition) is 2. The predicted molar refractivity (Wildman–Crippen MR) is 67.5 cm³/mol. The Bertz CT molecular complexity index is 541. The van der Waals surface area contributed by atoms with Gasteiger partial charge < -0.3 is 15.0 Å². The van der Waals surface area contributed by atoms with Crippen LogP contribution in [0.15, 0.2) is 18.2 Å². The van der Waals surface area contributed by atoms with Gasteiger partial charge in [0.05, 0.1) is 18.1 Å². The van der Waals surface area contributed by atoms with E-state index in [9.17, 15) is 0 Å². The van der Waals surface area contributed by atoms with Gasteiger partial charge in [-0.15, -0.1) is 0 Å². The number of H-pyrrole nitrogens is 1. The summed E-state index contributed by atoms with van der Waals surface area (Å²) < 4.78 is 5.22. The van der Waals surface area contributed by atoms with Crippen LogP contribution in [-0.4, -0.2) is 30.2 Å². The smallest absolute Gasteiger partial charge is 0.121 e. The van der Waals surface area contributed by atoms with Crippen LogP contribution >= 0.6 is 0 Å². The first-order valence-electron chi connectivity index (χ1n) is 5.96. The van der Waals surface area contributed by atoms with Crippen molar-refractivity contribution in [3.63, 3.8) is 0 Å². The average molecular weight is 231 g/mol. The Morgan fingerprint density at radius 1 is 1.41 bits per heavy atom. The minimum atomic E-state index is 0.131. The third-order valence-electron chi connectivity index (χ3n) is 3.63. The van der Waals surface area contributed by atoms with Gasteiger partial charge in [0, 0.05) is 18.0 Å². The fourth-order valence-electron chi connectivity index (χ4n) is 2.42. The summed E-state index contributed by atoms with van der Waals surface area (Å²) in [7, 11) is 1.68. The summed E-state index contributed by atoms with van der Waals surface area (Å²) in [5, 5.41) is 3.39. The molecule has 0 spiro atoms. The van der Waals surface area contributed by atoms with Crippen LogP contribution in [0.2, 0.25) is 0 Å². The van der Waals surface area contributed by atoms with Gasteiger partial charge in [-0.1, -0.05) is 6.92 Å². The second-order valence-electron chi connectivity index (χ2n) is 4.96. The van der Waals surface area contributed by atoms with Gasteiger partial charge in [-0.3, -0.25) is 0 Å². The summed E-state index contributed by atoms with van der Waals surface area (Å²) in [6.07, 6.45) is 1.13. The van der Waals surface area contributed by atoms with E-state index in [1.807, 2.05) is 18.2 Å². The summed E-state index contributed by atoms with van der Waals surface area (Å²) in [4.78, 5) is 8.11. The molecule has 2 heterocycles. The van der Waals surface area contributed by atoms with E-state index < -0.39 is 0 Å². The van der Waals surface area contributed by atoms with Gasteiger partial charge in [0.15, 0.2) is 0 Å². The van der Waals surface area contributed by atoms with Gasteiger partial charge in [-0.05, 0) is 25.1 Å². The molecule has 1 atom stereocenters. The number of fused-ring (bicyclic) bond motifs is 1. The quantitative estimate of drug-likeness (QED) is 0.829. The zero-order valence-electron chi connectivity index (χ0n) is 10.2. The molecule has 0 radical (unpaired) electrons. The molecule has 0 amide bonds.